The molecule has 0 bridgehead atoms. The third-order valence-electron chi connectivity index (χ3n) is 3.79. The fourth-order valence-corrected chi connectivity index (χ4v) is 2.65. The zero-order valence-electron chi connectivity index (χ0n) is 11.1. The predicted molar refractivity (Wildman–Crippen MR) is 72.4 cm³/mol. The van der Waals surface area contributed by atoms with Crippen molar-refractivity contribution in [1.29, 1.82) is 0 Å². The van der Waals surface area contributed by atoms with E-state index >= 15 is 0 Å². The molecule has 1 saturated carbocycles. The van der Waals surface area contributed by atoms with Crippen molar-refractivity contribution in [2.45, 2.75) is 57.7 Å². The number of aromatic nitrogens is 1. The summed E-state index contributed by atoms with van der Waals surface area (Å²) in [5, 5.41) is 3.10. The molecule has 1 aliphatic carbocycles. The Kier molecular flexibility index (Phi) is 4.42. The molecule has 0 saturated heterocycles. The Morgan fingerprint density at radius 3 is 3.00 bits per heavy atom. The maximum absolute atomic E-state index is 12.2. The lowest BCUT2D eigenvalue weighted by molar-refractivity contribution is 0.0919. The van der Waals surface area contributed by atoms with Crippen LogP contribution in [0.3, 0.4) is 0 Å². The Balaban J connectivity index is 2.01. The average molecular weight is 249 g/mol. The number of amides is 1. The van der Waals surface area contributed by atoms with Gasteiger partial charge in [0.2, 0.25) is 0 Å². The molecule has 1 aliphatic rings. The summed E-state index contributed by atoms with van der Waals surface area (Å²) in [7, 11) is 0. The second-order valence-corrected chi connectivity index (χ2v) is 5.06. The van der Waals surface area contributed by atoms with E-state index in [1.54, 1.807) is 0 Å². The zero-order chi connectivity index (χ0) is 13.0. The molecule has 2 atom stereocenters. The number of nitrogens with two attached hydrogens (primary N) is 1. The van der Waals surface area contributed by atoms with E-state index in [-0.39, 0.29) is 18.0 Å². The van der Waals surface area contributed by atoms with Gasteiger partial charge in [-0.05, 0) is 31.9 Å². The lowest BCUT2D eigenvalue weighted by Gasteiger charge is -2.23. The van der Waals surface area contributed by atoms with Crippen LogP contribution in [0, 0.1) is 0 Å². The first-order valence-corrected chi connectivity index (χ1v) is 6.94. The van der Waals surface area contributed by atoms with Crippen molar-refractivity contribution in [2.75, 3.05) is 0 Å². The minimum absolute atomic E-state index is 0.00389. The van der Waals surface area contributed by atoms with Gasteiger partial charge >= 0.3 is 0 Å². The van der Waals surface area contributed by atoms with Gasteiger partial charge in [0, 0.05) is 24.8 Å². The maximum atomic E-state index is 12.2. The third-order valence-corrected chi connectivity index (χ3v) is 3.79. The molecule has 0 spiro atoms. The zero-order valence-corrected chi connectivity index (χ0v) is 11.1. The summed E-state index contributed by atoms with van der Waals surface area (Å²) in [6, 6.07) is 3.99. The van der Waals surface area contributed by atoms with E-state index < -0.39 is 0 Å². The van der Waals surface area contributed by atoms with Gasteiger partial charge in [-0.15, -0.1) is 0 Å². The van der Waals surface area contributed by atoms with E-state index in [0.717, 1.165) is 31.5 Å². The van der Waals surface area contributed by atoms with E-state index in [9.17, 15) is 4.79 Å². The van der Waals surface area contributed by atoms with Gasteiger partial charge < -0.3 is 15.6 Å². The van der Waals surface area contributed by atoms with E-state index in [4.69, 9.17) is 5.73 Å². The molecule has 1 aromatic rings. The Morgan fingerprint density at radius 2 is 2.22 bits per heavy atom. The first kappa shape index (κ1) is 13.1. The van der Waals surface area contributed by atoms with Crippen LogP contribution in [0.1, 0.15) is 49.5 Å². The second-order valence-electron chi connectivity index (χ2n) is 5.06. The van der Waals surface area contributed by atoms with Crippen LogP contribution < -0.4 is 11.1 Å². The molecule has 2 unspecified atom stereocenters. The monoisotopic (exact) mass is 249 g/mol. The highest BCUT2D eigenvalue weighted by Crippen LogP contribution is 2.17. The van der Waals surface area contributed by atoms with Crippen LogP contribution in [0.5, 0.6) is 0 Å². The molecule has 1 amide bonds. The quantitative estimate of drug-likeness (QED) is 0.804. The van der Waals surface area contributed by atoms with Crippen LogP contribution in [-0.2, 0) is 6.54 Å². The number of nitrogens with zero attached hydrogens (tertiary/aromatic N) is 1. The van der Waals surface area contributed by atoms with Crippen molar-refractivity contribution in [1.82, 2.24) is 9.88 Å². The summed E-state index contributed by atoms with van der Waals surface area (Å²) in [4.78, 5) is 12.2. The standard InChI is InChI=1S/C14H23N3O/c1-2-17-10-6-9-13(17)14(18)16-12-8-5-3-4-7-11(12)15/h6,9-12H,2-5,7-8,15H2,1H3,(H,16,18). The van der Waals surface area contributed by atoms with Crippen LogP contribution >= 0.6 is 0 Å². The van der Waals surface area contributed by atoms with E-state index in [0.29, 0.717) is 0 Å². The van der Waals surface area contributed by atoms with Crippen molar-refractivity contribution in [3.63, 3.8) is 0 Å². The molecule has 1 heterocycles. The molecule has 0 radical (unpaired) electrons. The fraction of sp³-hybridized carbons (Fsp3) is 0.643. The van der Waals surface area contributed by atoms with Gasteiger partial charge in [-0.2, -0.15) is 0 Å². The van der Waals surface area contributed by atoms with Gasteiger partial charge in [-0.3, -0.25) is 4.79 Å². The Hall–Kier alpha value is -1.29. The lowest BCUT2D eigenvalue weighted by atomic mass is 10.0. The van der Waals surface area contributed by atoms with E-state index in [1.165, 1.54) is 12.8 Å². The van der Waals surface area contributed by atoms with Crippen molar-refractivity contribution in [3.05, 3.63) is 24.0 Å². The summed E-state index contributed by atoms with van der Waals surface area (Å²) in [6.07, 6.45) is 7.51. The van der Waals surface area contributed by atoms with Gasteiger partial charge in [0.1, 0.15) is 5.69 Å². The fourth-order valence-electron chi connectivity index (χ4n) is 2.65. The number of carbonyl (C=O) groups excluding carboxylic acids is 1. The molecule has 18 heavy (non-hydrogen) atoms. The normalized spacial score (nSPS) is 24.6. The maximum Gasteiger partial charge on any atom is 0.268 e. The summed E-state index contributed by atoms with van der Waals surface area (Å²) in [5.74, 6) is 0.00389. The Labute approximate surface area is 109 Å². The second kappa shape index (κ2) is 6.05. The highest BCUT2D eigenvalue weighted by atomic mass is 16.2. The van der Waals surface area contributed by atoms with Gasteiger partial charge in [0.25, 0.3) is 5.91 Å². The SMILES string of the molecule is CCn1cccc1C(=O)NC1CCCCCC1N. The van der Waals surface area contributed by atoms with Gasteiger partial charge in [-0.25, -0.2) is 0 Å². The van der Waals surface area contributed by atoms with Gasteiger partial charge in [-0.1, -0.05) is 19.3 Å². The number of nitrogens with one attached hydrogen (secondary N) is 1. The third kappa shape index (κ3) is 2.93. The molecule has 1 aromatic heterocycles. The first-order chi connectivity index (χ1) is 8.72. The molecule has 4 heteroatoms. The van der Waals surface area contributed by atoms with Crippen molar-refractivity contribution < 1.29 is 4.79 Å². The Morgan fingerprint density at radius 1 is 1.44 bits per heavy atom. The van der Waals surface area contributed by atoms with Gasteiger partial charge in [0.05, 0.1) is 0 Å². The number of hydrogen-bond donors (Lipinski definition) is 2. The summed E-state index contributed by atoms with van der Waals surface area (Å²) < 4.78 is 1.96. The molecule has 1 fully saturated rings. The predicted octanol–water partition coefficient (Wildman–Crippen LogP) is 1.90. The van der Waals surface area contributed by atoms with Crippen LogP contribution in [0.25, 0.3) is 0 Å². The van der Waals surface area contributed by atoms with Crippen molar-refractivity contribution >= 4 is 5.91 Å². The minimum atomic E-state index is 0.00389. The molecule has 0 aliphatic heterocycles. The Bertz CT molecular complexity index is 399. The topological polar surface area (TPSA) is 60.0 Å². The highest BCUT2D eigenvalue weighted by Gasteiger charge is 2.23. The van der Waals surface area contributed by atoms with Gasteiger partial charge in [0.15, 0.2) is 0 Å². The molecular formula is C14H23N3O. The van der Waals surface area contributed by atoms with Crippen LogP contribution in [0.15, 0.2) is 18.3 Å². The smallest absolute Gasteiger partial charge is 0.268 e. The van der Waals surface area contributed by atoms with Crippen LogP contribution in [0.4, 0.5) is 0 Å². The first-order valence-electron chi connectivity index (χ1n) is 6.94. The molecule has 0 aromatic carbocycles. The number of aryl methyl sites for hydroxylation is 1. The summed E-state index contributed by atoms with van der Waals surface area (Å²) in [6.45, 7) is 2.85. The molecule has 2 rings (SSSR count). The number of rotatable bonds is 3. The number of carbonyl (C=O) groups is 1. The molecule has 100 valence electrons. The van der Waals surface area contributed by atoms with E-state index in [1.807, 2.05) is 29.8 Å². The molecule has 4 nitrogen and oxygen atoms in total. The summed E-state index contributed by atoms with van der Waals surface area (Å²) in [5.41, 5.74) is 6.86. The lowest BCUT2D eigenvalue weighted by Crippen LogP contribution is -2.47. The molecule has 3 N–H and O–H groups in total. The highest BCUT2D eigenvalue weighted by molar-refractivity contribution is 5.93. The number of hydrogen-bond acceptors (Lipinski definition) is 2. The average Bonchev–Trinajstić information content (AvgIpc) is 2.76. The summed E-state index contributed by atoms with van der Waals surface area (Å²) >= 11 is 0. The van der Waals surface area contributed by atoms with Crippen LogP contribution in [-0.4, -0.2) is 22.6 Å². The largest absolute Gasteiger partial charge is 0.346 e. The van der Waals surface area contributed by atoms with Crippen molar-refractivity contribution in [2.24, 2.45) is 5.73 Å². The van der Waals surface area contributed by atoms with Crippen molar-refractivity contribution in [3.8, 4) is 0 Å². The molecular weight excluding hydrogens is 226 g/mol. The minimum Gasteiger partial charge on any atom is -0.346 e. The van der Waals surface area contributed by atoms with E-state index in [2.05, 4.69) is 5.32 Å². The van der Waals surface area contributed by atoms with Crippen LogP contribution in [0.2, 0.25) is 0 Å².